The molecule has 0 aromatic heterocycles. The molecule has 0 aliphatic rings. The summed E-state index contributed by atoms with van der Waals surface area (Å²) in [5.41, 5.74) is 1.92. The highest BCUT2D eigenvalue weighted by Crippen LogP contribution is 2.15. The van der Waals surface area contributed by atoms with E-state index >= 15 is 0 Å². The molecule has 3 nitrogen and oxygen atoms in total. The molecule has 3 heteroatoms. The van der Waals surface area contributed by atoms with Gasteiger partial charge in [-0.05, 0) is 12.1 Å². The fourth-order valence-electron chi connectivity index (χ4n) is 1.53. The Morgan fingerprint density at radius 3 is 2.19 bits per heavy atom. The lowest BCUT2D eigenvalue weighted by Gasteiger charge is -2.04. The van der Waals surface area contributed by atoms with E-state index in [1.807, 2.05) is 30.3 Å². The molecule has 2 rings (SSSR count). The van der Waals surface area contributed by atoms with Crippen LogP contribution in [0.3, 0.4) is 0 Å². The van der Waals surface area contributed by atoms with Gasteiger partial charge in [-0.3, -0.25) is 0 Å². The minimum Gasteiger partial charge on any atom is -0.508 e. The molecule has 0 radical (unpaired) electrons. The van der Waals surface area contributed by atoms with Gasteiger partial charge in [0.1, 0.15) is 11.5 Å². The molecule has 0 atom stereocenters. The third-order valence-corrected chi connectivity index (χ3v) is 2.27. The second kappa shape index (κ2) is 4.49. The quantitative estimate of drug-likeness (QED) is 0.457. The highest BCUT2D eigenvalue weighted by atomic mass is 16.4. The van der Waals surface area contributed by atoms with E-state index in [0.29, 0.717) is 11.3 Å². The predicted molar refractivity (Wildman–Crippen MR) is 62.0 cm³/mol. The largest absolute Gasteiger partial charge is 0.508 e. The highest BCUT2D eigenvalue weighted by molar-refractivity contribution is 6.12. The van der Waals surface area contributed by atoms with E-state index in [0.717, 1.165) is 5.56 Å². The van der Waals surface area contributed by atoms with Gasteiger partial charge in [-0.15, -0.1) is 0 Å². The SMILES string of the molecule is ON=C(c1ccccc1)c1cccc(O)c1. The summed E-state index contributed by atoms with van der Waals surface area (Å²) in [4.78, 5) is 0. The van der Waals surface area contributed by atoms with E-state index in [9.17, 15) is 5.11 Å². The van der Waals surface area contributed by atoms with E-state index < -0.39 is 0 Å². The number of benzene rings is 2. The predicted octanol–water partition coefficient (Wildman–Crippen LogP) is 2.62. The summed E-state index contributed by atoms with van der Waals surface area (Å²) in [5.74, 6) is 0.148. The summed E-state index contributed by atoms with van der Waals surface area (Å²) in [7, 11) is 0. The Balaban J connectivity index is 2.46. The van der Waals surface area contributed by atoms with E-state index in [-0.39, 0.29) is 5.75 Å². The number of phenols is 1. The van der Waals surface area contributed by atoms with Crippen LogP contribution in [0.2, 0.25) is 0 Å². The summed E-state index contributed by atoms with van der Waals surface area (Å²) >= 11 is 0. The molecule has 80 valence electrons. The van der Waals surface area contributed by atoms with Gasteiger partial charge in [0.25, 0.3) is 0 Å². The second-order valence-corrected chi connectivity index (χ2v) is 3.36. The maximum Gasteiger partial charge on any atom is 0.117 e. The first kappa shape index (κ1) is 10.2. The second-order valence-electron chi connectivity index (χ2n) is 3.36. The van der Waals surface area contributed by atoms with E-state index in [2.05, 4.69) is 5.16 Å². The number of hydrogen-bond donors (Lipinski definition) is 2. The molecule has 0 aliphatic carbocycles. The maximum atomic E-state index is 9.37. The Kier molecular flexibility index (Phi) is 2.87. The fraction of sp³-hybridized carbons (Fsp3) is 0. The van der Waals surface area contributed by atoms with Crippen LogP contribution in [0.5, 0.6) is 5.75 Å². The monoisotopic (exact) mass is 213 g/mol. The van der Waals surface area contributed by atoms with Crippen molar-refractivity contribution in [1.29, 1.82) is 0 Å². The number of nitrogens with zero attached hydrogens (tertiary/aromatic N) is 1. The van der Waals surface area contributed by atoms with Gasteiger partial charge in [-0.2, -0.15) is 0 Å². The van der Waals surface area contributed by atoms with E-state index in [1.165, 1.54) is 0 Å². The molecular formula is C13H11NO2. The number of aromatic hydroxyl groups is 1. The molecule has 16 heavy (non-hydrogen) atoms. The lowest BCUT2D eigenvalue weighted by molar-refractivity contribution is 0.319. The van der Waals surface area contributed by atoms with Crippen LogP contribution in [0.4, 0.5) is 0 Å². The average molecular weight is 213 g/mol. The fourth-order valence-corrected chi connectivity index (χ4v) is 1.53. The van der Waals surface area contributed by atoms with Gasteiger partial charge in [-0.25, -0.2) is 0 Å². The van der Waals surface area contributed by atoms with Crippen molar-refractivity contribution in [2.24, 2.45) is 5.16 Å². The first-order valence-corrected chi connectivity index (χ1v) is 4.88. The van der Waals surface area contributed by atoms with Gasteiger partial charge in [-0.1, -0.05) is 47.6 Å². The first-order valence-electron chi connectivity index (χ1n) is 4.88. The zero-order chi connectivity index (χ0) is 11.4. The number of rotatable bonds is 2. The molecule has 0 bridgehead atoms. The Labute approximate surface area is 93.3 Å². The van der Waals surface area contributed by atoms with E-state index in [1.54, 1.807) is 24.3 Å². The van der Waals surface area contributed by atoms with Crippen LogP contribution in [0.1, 0.15) is 11.1 Å². The zero-order valence-electron chi connectivity index (χ0n) is 8.54. The summed E-state index contributed by atoms with van der Waals surface area (Å²) in [6.07, 6.45) is 0. The number of phenolic OH excluding ortho intramolecular Hbond substituents is 1. The van der Waals surface area contributed by atoms with Crippen molar-refractivity contribution in [2.75, 3.05) is 0 Å². The summed E-state index contributed by atoms with van der Waals surface area (Å²) in [6, 6.07) is 15.9. The van der Waals surface area contributed by atoms with Crippen LogP contribution in [-0.2, 0) is 0 Å². The Hall–Kier alpha value is -2.29. The summed E-state index contributed by atoms with van der Waals surface area (Å²) in [5, 5.41) is 21.7. The summed E-state index contributed by atoms with van der Waals surface area (Å²) in [6.45, 7) is 0. The Bertz CT molecular complexity index is 506. The summed E-state index contributed by atoms with van der Waals surface area (Å²) < 4.78 is 0. The first-order chi connectivity index (χ1) is 7.81. The Morgan fingerprint density at radius 1 is 0.875 bits per heavy atom. The maximum absolute atomic E-state index is 9.37. The van der Waals surface area contributed by atoms with Crippen LogP contribution < -0.4 is 0 Å². The molecule has 0 amide bonds. The topological polar surface area (TPSA) is 52.8 Å². The van der Waals surface area contributed by atoms with Crippen molar-refractivity contribution in [2.45, 2.75) is 0 Å². The van der Waals surface area contributed by atoms with Crippen molar-refractivity contribution in [3.8, 4) is 5.75 Å². The molecule has 0 saturated carbocycles. The van der Waals surface area contributed by atoms with Crippen molar-refractivity contribution in [1.82, 2.24) is 0 Å². The molecule has 2 N–H and O–H groups in total. The zero-order valence-corrected chi connectivity index (χ0v) is 8.54. The van der Waals surface area contributed by atoms with Gasteiger partial charge < -0.3 is 10.3 Å². The molecular weight excluding hydrogens is 202 g/mol. The lowest BCUT2D eigenvalue weighted by Crippen LogP contribution is -2.02. The van der Waals surface area contributed by atoms with Crippen LogP contribution in [0, 0.1) is 0 Å². The third-order valence-electron chi connectivity index (χ3n) is 2.27. The number of oxime groups is 1. The van der Waals surface area contributed by atoms with Crippen molar-refractivity contribution in [3.05, 3.63) is 65.7 Å². The third kappa shape index (κ3) is 2.03. The van der Waals surface area contributed by atoms with Crippen LogP contribution in [-0.4, -0.2) is 16.0 Å². The van der Waals surface area contributed by atoms with Gasteiger partial charge in [0.2, 0.25) is 0 Å². The molecule has 2 aromatic carbocycles. The van der Waals surface area contributed by atoms with Crippen molar-refractivity contribution >= 4 is 5.71 Å². The molecule has 0 spiro atoms. The highest BCUT2D eigenvalue weighted by Gasteiger charge is 2.07. The average Bonchev–Trinajstić information content (AvgIpc) is 2.31. The molecule has 0 fully saturated rings. The lowest BCUT2D eigenvalue weighted by atomic mass is 10.0. The van der Waals surface area contributed by atoms with Crippen LogP contribution in [0.25, 0.3) is 0 Å². The standard InChI is InChI=1S/C13H11NO2/c15-12-8-4-7-11(9-12)13(14-16)10-5-2-1-3-6-10/h1-9,15-16H. The van der Waals surface area contributed by atoms with Crippen LogP contribution >= 0.6 is 0 Å². The number of hydrogen-bond acceptors (Lipinski definition) is 3. The molecule has 0 heterocycles. The van der Waals surface area contributed by atoms with Crippen molar-refractivity contribution < 1.29 is 10.3 Å². The van der Waals surface area contributed by atoms with Gasteiger partial charge in [0.15, 0.2) is 0 Å². The van der Waals surface area contributed by atoms with Gasteiger partial charge >= 0.3 is 0 Å². The minimum atomic E-state index is 0.148. The van der Waals surface area contributed by atoms with Gasteiger partial charge in [0.05, 0.1) is 0 Å². The van der Waals surface area contributed by atoms with Crippen LogP contribution in [0.15, 0.2) is 59.8 Å². The smallest absolute Gasteiger partial charge is 0.117 e. The van der Waals surface area contributed by atoms with Gasteiger partial charge in [0, 0.05) is 11.1 Å². The minimum absolute atomic E-state index is 0.148. The molecule has 0 aliphatic heterocycles. The van der Waals surface area contributed by atoms with Crippen molar-refractivity contribution in [3.63, 3.8) is 0 Å². The molecule has 0 saturated heterocycles. The van der Waals surface area contributed by atoms with E-state index in [4.69, 9.17) is 5.21 Å². The Morgan fingerprint density at radius 2 is 1.56 bits per heavy atom. The molecule has 2 aromatic rings. The normalized spacial score (nSPS) is 11.4. The molecule has 0 unspecified atom stereocenters.